The highest BCUT2D eigenvalue weighted by atomic mass is 16.4. The van der Waals surface area contributed by atoms with Gasteiger partial charge in [0.2, 0.25) is 35.4 Å². The van der Waals surface area contributed by atoms with E-state index in [1.54, 1.807) is 0 Å². The lowest BCUT2D eigenvalue weighted by Crippen LogP contribution is -2.60. The van der Waals surface area contributed by atoms with Gasteiger partial charge in [-0.3, -0.25) is 28.8 Å². The van der Waals surface area contributed by atoms with Gasteiger partial charge in [0.05, 0.1) is 30.6 Å². The summed E-state index contributed by atoms with van der Waals surface area (Å²) in [7, 11) is 0. The summed E-state index contributed by atoms with van der Waals surface area (Å²) in [6.45, 7) is 2.48. The predicted octanol–water partition coefficient (Wildman–Crippen LogP) is 2.55. The monoisotopic (exact) mass is 1030 g/mol. The van der Waals surface area contributed by atoms with Gasteiger partial charge in [-0.05, 0) is 83.8 Å². The van der Waals surface area contributed by atoms with Gasteiger partial charge in [0.1, 0.15) is 36.3 Å². The van der Waals surface area contributed by atoms with E-state index in [-0.39, 0.29) is 38.5 Å². The van der Waals surface area contributed by atoms with Crippen LogP contribution in [0.3, 0.4) is 0 Å². The number of aliphatic carboxylic acids is 1. The maximum Gasteiger partial charge on any atom is 0.326 e. The smallest absolute Gasteiger partial charge is 0.326 e. The van der Waals surface area contributed by atoms with Crippen LogP contribution in [0.4, 0.5) is 0 Å². The van der Waals surface area contributed by atoms with Crippen molar-refractivity contribution in [2.75, 3.05) is 26.2 Å². The molecule has 6 amide bonds. The molecule has 6 atom stereocenters. The van der Waals surface area contributed by atoms with E-state index in [9.17, 15) is 43.8 Å². The summed E-state index contributed by atoms with van der Waals surface area (Å²) >= 11 is 0. The Morgan fingerprint density at radius 2 is 0.808 bits per heavy atom. The molecule has 0 fully saturated rings. The Kier molecular flexibility index (Phi) is 34.9. The molecule has 22 heteroatoms. The molecule has 16 N–H and O–H groups in total. The second-order valence-corrected chi connectivity index (χ2v) is 19.0. The maximum atomic E-state index is 14.3. The third-order valence-corrected chi connectivity index (χ3v) is 12.8. The molecule has 0 spiro atoms. The number of carboxylic acid groups (broad SMARTS) is 1. The number of hydrogen-bond donors (Lipinski definition) is 13. The Hall–Kier alpha value is -5.45. The van der Waals surface area contributed by atoms with Gasteiger partial charge >= 0.3 is 5.97 Å². The highest BCUT2D eigenvalue weighted by Gasteiger charge is 2.34. The van der Waals surface area contributed by atoms with E-state index in [1.165, 1.54) is 89.3 Å². The number of aromatic nitrogens is 4. The van der Waals surface area contributed by atoms with Gasteiger partial charge in [0, 0.05) is 31.7 Å². The van der Waals surface area contributed by atoms with Crippen LogP contribution < -0.4 is 49.1 Å². The van der Waals surface area contributed by atoms with Crippen molar-refractivity contribution < 1.29 is 43.8 Å². The second kappa shape index (κ2) is 40.0. The Morgan fingerprint density at radius 1 is 0.466 bits per heavy atom. The van der Waals surface area contributed by atoms with Gasteiger partial charge in [-0.15, -0.1) is 0 Å². The Bertz CT molecular complexity index is 1820. The van der Waals surface area contributed by atoms with Crippen molar-refractivity contribution in [3.63, 3.8) is 0 Å². The van der Waals surface area contributed by atoms with Crippen LogP contribution in [0.1, 0.15) is 179 Å². The summed E-state index contributed by atoms with van der Waals surface area (Å²) in [5.41, 5.74) is 17.8. The van der Waals surface area contributed by atoms with Gasteiger partial charge in [-0.1, -0.05) is 96.8 Å². The first-order chi connectivity index (χ1) is 35.4. The fraction of sp³-hybridized carbons (Fsp3) is 0.745. The molecule has 73 heavy (non-hydrogen) atoms. The van der Waals surface area contributed by atoms with Gasteiger partial charge < -0.3 is 69.3 Å². The number of unbranched alkanes of at least 4 members (excludes halogenated alkanes) is 17. The number of nitrogens with one attached hydrogen (secondary N) is 8. The molecule has 0 aliphatic heterocycles. The minimum Gasteiger partial charge on any atom is -0.480 e. The lowest BCUT2D eigenvalue weighted by molar-refractivity contribution is -0.142. The average Bonchev–Trinajstić information content (AvgIpc) is 4.10. The van der Waals surface area contributed by atoms with Gasteiger partial charge in [0.15, 0.2) is 0 Å². The number of carbonyl (C=O) groups excluding carboxylic acids is 6. The average molecular weight is 1030 g/mol. The summed E-state index contributed by atoms with van der Waals surface area (Å²) in [6.07, 6.45) is 26.7. The number of amides is 6. The first-order valence-corrected chi connectivity index (χ1v) is 27.1. The summed E-state index contributed by atoms with van der Waals surface area (Å²) in [4.78, 5) is 109. The van der Waals surface area contributed by atoms with Crippen molar-refractivity contribution in [2.45, 2.75) is 217 Å². The molecule has 0 radical (unpaired) electrons. The third kappa shape index (κ3) is 28.6. The number of aliphatic hydroxyl groups is 1. The van der Waals surface area contributed by atoms with E-state index in [0.717, 1.165) is 25.7 Å². The quantitative estimate of drug-likeness (QED) is 0.0424. The van der Waals surface area contributed by atoms with Crippen LogP contribution in [0.2, 0.25) is 0 Å². The third-order valence-electron chi connectivity index (χ3n) is 12.8. The zero-order chi connectivity index (χ0) is 53.5. The number of imidazole rings is 2. The summed E-state index contributed by atoms with van der Waals surface area (Å²) < 4.78 is 0. The zero-order valence-electron chi connectivity index (χ0n) is 43.6. The zero-order valence-corrected chi connectivity index (χ0v) is 43.6. The van der Waals surface area contributed by atoms with Crippen molar-refractivity contribution >= 4 is 41.4 Å². The van der Waals surface area contributed by atoms with Gasteiger partial charge in [-0.25, -0.2) is 14.8 Å². The molecule has 22 nitrogen and oxygen atoms in total. The van der Waals surface area contributed by atoms with E-state index in [1.807, 2.05) is 0 Å². The van der Waals surface area contributed by atoms with Crippen LogP contribution in [0.25, 0.3) is 0 Å². The number of H-pyrrole nitrogens is 2. The molecular formula is C51H91N13O9. The summed E-state index contributed by atoms with van der Waals surface area (Å²) in [5, 5.41) is 35.9. The van der Waals surface area contributed by atoms with Crippen LogP contribution in [-0.4, -0.2) is 134 Å². The van der Waals surface area contributed by atoms with Crippen LogP contribution in [0.15, 0.2) is 25.0 Å². The molecule has 0 bridgehead atoms. The molecule has 414 valence electrons. The van der Waals surface area contributed by atoms with E-state index in [0.29, 0.717) is 76.0 Å². The molecule has 2 aromatic rings. The Morgan fingerprint density at radius 3 is 1.16 bits per heavy atom. The van der Waals surface area contributed by atoms with Crippen LogP contribution in [0, 0.1) is 0 Å². The first kappa shape index (κ1) is 63.7. The number of hydrogen-bond acceptors (Lipinski definition) is 13. The number of carbonyl (C=O) groups is 7. The number of aromatic amines is 2. The Labute approximate surface area is 432 Å². The fourth-order valence-electron chi connectivity index (χ4n) is 8.39. The molecule has 0 saturated heterocycles. The SMILES string of the molecule is CCCCCCCCCCCCCCCCCC(=O)N[C@@H](CO)C(=O)N[C@@H](Cc1c[nH]cn1)C(=O)N[C@@H](Cc1c[nH]cn1)C(=O)N[C@@H](CCCCN)C(=O)N[C@@H](CCCCN)C(=O)N[C@@H](CCCCN)C(=O)O. The van der Waals surface area contributed by atoms with Crippen LogP contribution in [-0.2, 0) is 46.4 Å². The summed E-state index contributed by atoms with van der Waals surface area (Å²) in [6, 6.07) is -7.71. The standard InChI is InChI=1S/C51H91N13O9/c1-2-3-4-5-6-7-8-9-10-11-12-13-14-15-16-26-45(66)59-44(34-65)50(71)64-43(31-38-33-56-36-58-38)49(70)63-42(30-37-32-55-35-57-37)48(69)61-39(23-17-20-27-52)46(67)60-40(24-18-21-28-53)47(68)62-41(51(72)73)25-19-22-29-54/h32-33,35-36,39-44,65H,2-31,34,52-54H2,1H3,(H,55,57)(H,56,58)(H,59,66)(H,60,67)(H,61,69)(H,62,68)(H,63,70)(H,64,71)(H,72,73)/t39-,40-,41-,42-,43-,44-/m0/s1. The van der Waals surface area contributed by atoms with Crippen LogP contribution >= 0.6 is 0 Å². The van der Waals surface area contributed by atoms with Crippen molar-refractivity contribution in [3.05, 3.63) is 36.4 Å². The second-order valence-electron chi connectivity index (χ2n) is 19.0. The van der Waals surface area contributed by atoms with E-state index in [4.69, 9.17) is 17.2 Å². The van der Waals surface area contributed by atoms with E-state index in [2.05, 4.69) is 58.8 Å². The number of rotatable bonds is 45. The number of aliphatic hydroxyl groups excluding tert-OH is 1. The molecule has 2 rings (SSSR count). The molecule has 0 unspecified atom stereocenters. The topological polar surface area (TPSA) is 368 Å². The van der Waals surface area contributed by atoms with Crippen molar-refractivity contribution in [3.8, 4) is 0 Å². The first-order valence-electron chi connectivity index (χ1n) is 27.1. The lowest BCUT2D eigenvalue weighted by atomic mass is 10.0. The highest BCUT2D eigenvalue weighted by Crippen LogP contribution is 2.15. The summed E-state index contributed by atoms with van der Waals surface area (Å²) in [5.74, 6) is -5.52. The van der Waals surface area contributed by atoms with Crippen LogP contribution in [0.5, 0.6) is 0 Å². The van der Waals surface area contributed by atoms with Crippen molar-refractivity contribution in [1.29, 1.82) is 0 Å². The minimum absolute atomic E-state index is 0.0946. The molecule has 0 aliphatic carbocycles. The normalized spacial score (nSPS) is 13.7. The fourth-order valence-corrected chi connectivity index (χ4v) is 8.39. The Balaban J connectivity index is 2.14. The number of nitrogens with two attached hydrogens (primary N) is 3. The highest BCUT2D eigenvalue weighted by molar-refractivity contribution is 5.97. The number of carboxylic acids is 1. The molecule has 0 aliphatic rings. The van der Waals surface area contributed by atoms with E-state index < -0.39 is 84.3 Å². The molecule has 0 saturated carbocycles. The van der Waals surface area contributed by atoms with Crippen molar-refractivity contribution in [2.24, 2.45) is 17.2 Å². The lowest BCUT2D eigenvalue weighted by Gasteiger charge is -2.27. The minimum atomic E-state index is -1.37. The number of nitrogens with zero attached hydrogens (tertiary/aromatic N) is 2. The largest absolute Gasteiger partial charge is 0.480 e. The van der Waals surface area contributed by atoms with Gasteiger partial charge in [0.25, 0.3) is 0 Å². The molecule has 2 heterocycles. The predicted molar refractivity (Wildman–Crippen MR) is 279 cm³/mol. The maximum absolute atomic E-state index is 14.3. The van der Waals surface area contributed by atoms with Gasteiger partial charge in [-0.2, -0.15) is 0 Å². The molecular weight excluding hydrogens is 939 g/mol. The van der Waals surface area contributed by atoms with E-state index >= 15 is 0 Å². The van der Waals surface area contributed by atoms with Crippen molar-refractivity contribution in [1.82, 2.24) is 51.8 Å². The molecule has 2 aromatic heterocycles. The molecule has 0 aromatic carbocycles.